The van der Waals surface area contributed by atoms with Crippen molar-refractivity contribution < 1.29 is 28.2 Å². The van der Waals surface area contributed by atoms with Gasteiger partial charge in [-0.15, -0.1) is 0 Å². The van der Waals surface area contributed by atoms with Crippen molar-refractivity contribution in [2.45, 2.75) is 10.9 Å². The van der Waals surface area contributed by atoms with Crippen LogP contribution >= 0.6 is 11.6 Å². The van der Waals surface area contributed by atoms with E-state index in [1.54, 1.807) is 0 Å². The summed E-state index contributed by atoms with van der Waals surface area (Å²) in [6.45, 7) is -0.772. The number of aliphatic hydroxyl groups is 1. The van der Waals surface area contributed by atoms with Gasteiger partial charge < -0.3 is 15.5 Å². The van der Waals surface area contributed by atoms with Crippen molar-refractivity contribution in [2.24, 2.45) is 0 Å². The summed E-state index contributed by atoms with van der Waals surface area (Å²) in [5.74, 6) is -1.92. The lowest BCUT2D eigenvalue weighted by molar-refractivity contribution is -0.118. The number of carboxylic acids is 1. The molecule has 138 valence electrons. The third kappa shape index (κ3) is 5.02. The molecule has 4 N–H and O–H groups in total. The fourth-order valence-corrected chi connectivity index (χ4v) is 3.28. The molecule has 0 fully saturated rings. The molecule has 0 spiro atoms. The van der Waals surface area contributed by atoms with Gasteiger partial charge >= 0.3 is 5.97 Å². The van der Waals surface area contributed by atoms with Gasteiger partial charge in [0.25, 0.3) is 0 Å². The van der Waals surface area contributed by atoms with E-state index in [0.29, 0.717) is 5.02 Å². The summed E-state index contributed by atoms with van der Waals surface area (Å²) in [6.07, 6.45) is 0. The van der Waals surface area contributed by atoms with Crippen molar-refractivity contribution in [1.29, 1.82) is 0 Å². The number of hydrogen-bond donors (Lipinski definition) is 4. The molecule has 1 atom stereocenters. The number of halogens is 1. The first-order chi connectivity index (χ1) is 12.2. The third-order valence-electron chi connectivity index (χ3n) is 3.32. The normalized spacial score (nSPS) is 12.4. The molecule has 0 saturated heterocycles. The zero-order valence-corrected chi connectivity index (χ0v) is 14.8. The van der Waals surface area contributed by atoms with Crippen LogP contribution in [0.3, 0.4) is 0 Å². The predicted octanol–water partition coefficient (Wildman–Crippen LogP) is 1.32. The van der Waals surface area contributed by atoms with E-state index < -0.39 is 34.5 Å². The number of rotatable bonds is 7. The first-order valence-corrected chi connectivity index (χ1v) is 9.12. The minimum atomic E-state index is -4.05. The number of hydrogen-bond acceptors (Lipinski definition) is 5. The van der Waals surface area contributed by atoms with Crippen LogP contribution in [0.4, 0.5) is 5.69 Å². The first kappa shape index (κ1) is 19.9. The van der Waals surface area contributed by atoms with Gasteiger partial charge in [-0.25, -0.2) is 13.2 Å². The molecule has 0 saturated carbocycles. The summed E-state index contributed by atoms with van der Waals surface area (Å²) in [6, 6.07) is 9.13. The van der Waals surface area contributed by atoms with E-state index in [9.17, 15) is 23.1 Å². The molecule has 2 rings (SSSR count). The van der Waals surface area contributed by atoms with E-state index in [2.05, 4.69) is 10.0 Å². The lowest BCUT2D eigenvalue weighted by Crippen LogP contribution is -2.46. The second kappa shape index (κ2) is 8.28. The number of aliphatic hydroxyl groups excluding tert-OH is 1. The minimum Gasteiger partial charge on any atom is -0.478 e. The zero-order valence-electron chi connectivity index (χ0n) is 13.2. The Bertz CT molecular complexity index is 897. The number of aromatic carboxylic acids is 1. The molecule has 2 aromatic carbocycles. The summed E-state index contributed by atoms with van der Waals surface area (Å²) < 4.78 is 26.7. The summed E-state index contributed by atoms with van der Waals surface area (Å²) in [5, 5.41) is 20.9. The number of sulfonamides is 1. The second-order valence-corrected chi connectivity index (χ2v) is 7.33. The lowest BCUT2D eigenvalue weighted by Gasteiger charge is -2.16. The van der Waals surface area contributed by atoms with Crippen LogP contribution in [0.5, 0.6) is 0 Å². The van der Waals surface area contributed by atoms with Gasteiger partial charge in [0, 0.05) is 10.7 Å². The van der Waals surface area contributed by atoms with Crippen LogP contribution in [-0.4, -0.2) is 43.2 Å². The highest BCUT2D eigenvalue weighted by molar-refractivity contribution is 7.89. The Hall–Kier alpha value is -2.46. The van der Waals surface area contributed by atoms with Crippen molar-refractivity contribution in [3.8, 4) is 0 Å². The fraction of sp³-hybridized carbons (Fsp3) is 0.125. The van der Waals surface area contributed by atoms with Gasteiger partial charge in [-0.1, -0.05) is 11.6 Å². The highest BCUT2D eigenvalue weighted by atomic mass is 35.5. The molecular formula is C16H15ClN2O6S. The molecular weight excluding hydrogens is 384 g/mol. The monoisotopic (exact) mass is 398 g/mol. The van der Waals surface area contributed by atoms with Gasteiger partial charge in [-0.05, 0) is 48.5 Å². The van der Waals surface area contributed by atoms with Gasteiger partial charge in [-0.3, -0.25) is 4.79 Å². The average molecular weight is 399 g/mol. The molecule has 0 bridgehead atoms. The molecule has 0 aliphatic carbocycles. The Morgan fingerprint density at radius 3 is 2.12 bits per heavy atom. The first-order valence-electron chi connectivity index (χ1n) is 7.26. The number of carboxylic acid groups (broad SMARTS) is 1. The van der Waals surface area contributed by atoms with Crippen LogP contribution in [0, 0.1) is 0 Å². The predicted molar refractivity (Wildman–Crippen MR) is 94.7 cm³/mol. The second-order valence-electron chi connectivity index (χ2n) is 5.18. The summed E-state index contributed by atoms with van der Waals surface area (Å²) in [4.78, 5) is 22.9. The minimum absolute atomic E-state index is 0.0325. The van der Waals surface area contributed by atoms with Gasteiger partial charge in [0.1, 0.15) is 6.04 Å². The van der Waals surface area contributed by atoms with Gasteiger partial charge in [-0.2, -0.15) is 4.72 Å². The molecule has 0 aliphatic heterocycles. The molecule has 1 amide bonds. The van der Waals surface area contributed by atoms with Gasteiger partial charge in [0.05, 0.1) is 17.1 Å². The van der Waals surface area contributed by atoms with E-state index in [4.69, 9.17) is 16.7 Å². The van der Waals surface area contributed by atoms with Crippen LogP contribution in [-0.2, 0) is 14.8 Å². The number of carbonyl (C=O) groups excluding carboxylic acids is 1. The number of carbonyl (C=O) groups is 2. The van der Waals surface area contributed by atoms with Crippen LogP contribution in [0.2, 0.25) is 5.02 Å². The van der Waals surface area contributed by atoms with Crippen molar-refractivity contribution >= 4 is 39.2 Å². The largest absolute Gasteiger partial charge is 0.478 e. The van der Waals surface area contributed by atoms with Crippen molar-refractivity contribution in [1.82, 2.24) is 4.72 Å². The highest BCUT2D eigenvalue weighted by Crippen LogP contribution is 2.15. The maximum Gasteiger partial charge on any atom is 0.335 e. The topological polar surface area (TPSA) is 133 Å². The van der Waals surface area contributed by atoms with Crippen LogP contribution in [0.25, 0.3) is 0 Å². The van der Waals surface area contributed by atoms with Gasteiger partial charge in [0.15, 0.2) is 0 Å². The third-order valence-corrected chi connectivity index (χ3v) is 5.06. The molecule has 0 aliphatic rings. The van der Waals surface area contributed by atoms with Crippen LogP contribution in [0.15, 0.2) is 53.4 Å². The Balaban J connectivity index is 2.10. The SMILES string of the molecule is O=C(O)c1ccc(NC(=O)[C@H](CO)NS(=O)(=O)c2ccc(Cl)cc2)cc1. The van der Waals surface area contributed by atoms with E-state index >= 15 is 0 Å². The number of nitrogens with one attached hydrogen (secondary N) is 2. The molecule has 0 radical (unpaired) electrons. The number of amides is 1. The van der Waals surface area contributed by atoms with E-state index in [1.807, 2.05) is 0 Å². The Labute approximate surface area is 154 Å². The molecule has 0 heterocycles. The van der Waals surface area contributed by atoms with Crippen LogP contribution < -0.4 is 10.0 Å². The molecule has 2 aromatic rings. The Morgan fingerprint density at radius 1 is 1.04 bits per heavy atom. The Kier molecular flexibility index (Phi) is 6.32. The molecule has 8 nitrogen and oxygen atoms in total. The highest BCUT2D eigenvalue weighted by Gasteiger charge is 2.25. The summed E-state index contributed by atoms with van der Waals surface area (Å²) in [7, 11) is -4.05. The van der Waals surface area contributed by atoms with E-state index in [0.717, 1.165) is 0 Å². The zero-order chi connectivity index (χ0) is 19.3. The van der Waals surface area contributed by atoms with Crippen molar-refractivity contribution in [2.75, 3.05) is 11.9 Å². The van der Waals surface area contributed by atoms with E-state index in [1.165, 1.54) is 48.5 Å². The molecule has 26 heavy (non-hydrogen) atoms. The average Bonchev–Trinajstić information content (AvgIpc) is 2.60. The lowest BCUT2D eigenvalue weighted by atomic mass is 10.2. The van der Waals surface area contributed by atoms with Gasteiger partial charge in [0.2, 0.25) is 15.9 Å². The number of anilines is 1. The quantitative estimate of drug-likeness (QED) is 0.556. The summed E-state index contributed by atoms with van der Waals surface area (Å²) >= 11 is 5.71. The summed E-state index contributed by atoms with van der Waals surface area (Å²) in [5.41, 5.74) is 0.286. The smallest absolute Gasteiger partial charge is 0.335 e. The molecule has 10 heteroatoms. The maximum absolute atomic E-state index is 12.3. The van der Waals surface area contributed by atoms with Crippen LogP contribution in [0.1, 0.15) is 10.4 Å². The van der Waals surface area contributed by atoms with Crippen molar-refractivity contribution in [3.05, 3.63) is 59.1 Å². The van der Waals surface area contributed by atoms with E-state index in [-0.39, 0.29) is 16.1 Å². The van der Waals surface area contributed by atoms with Crippen molar-refractivity contribution in [3.63, 3.8) is 0 Å². The Morgan fingerprint density at radius 2 is 1.62 bits per heavy atom. The molecule has 0 aromatic heterocycles. The standard InChI is InChI=1S/C16H15ClN2O6S/c17-11-3-7-13(8-4-11)26(24,25)19-14(9-20)15(21)18-12-5-1-10(2-6-12)16(22)23/h1-8,14,19-20H,9H2,(H,18,21)(H,22,23)/t14-/m0/s1. The maximum atomic E-state index is 12.3. The molecule has 0 unspecified atom stereocenters. The number of benzene rings is 2. The fourth-order valence-electron chi connectivity index (χ4n) is 1.97.